The summed E-state index contributed by atoms with van der Waals surface area (Å²) in [6, 6.07) is 2.69. The maximum absolute atomic E-state index is 11.1. The van der Waals surface area contributed by atoms with E-state index >= 15 is 0 Å². The van der Waals surface area contributed by atoms with Gasteiger partial charge in [-0.3, -0.25) is 10.1 Å². The molecule has 0 atom stereocenters. The van der Waals surface area contributed by atoms with Gasteiger partial charge in [0, 0.05) is 6.07 Å². The topological polar surface area (TPSA) is 101 Å². The fourth-order valence-electron chi connectivity index (χ4n) is 1.60. The molecule has 100 valence electrons. The Hall–Kier alpha value is -2.64. The van der Waals surface area contributed by atoms with Gasteiger partial charge in [-0.15, -0.1) is 0 Å². The van der Waals surface area contributed by atoms with Gasteiger partial charge >= 0.3 is 0 Å². The van der Waals surface area contributed by atoms with Crippen LogP contribution in [0.2, 0.25) is 0 Å². The number of rotatable bonds is 4. The summed E-state index contributed by atoms with van der Waals surface area (Å²) < 4.78 is 15.1. The highest BCUT2D eigenvalue weighted by Crippen LogP contribution is 2.39. The van der Waals surface area contributed by atoms with E-state index in [1.165, 1.54) is 26.4 Å². The summed E-state index contributed by atoms with van der Waals surface area (Å²) in [5, 5.41) is 14.7. The molecule has 0 fully saturated rings. The molecule has 2 rings (SSSR count). The third-order valence-corrected chi connectivity index (χ3v) is 2.46. The summed E-state index contributed by atoms with van der Waals surface area (Å²) in [6.07, 6.45) is 0. The Bertz CT molecular complexity index is 623. The molecular formula is C11H11N3O5. The zero-order chi connectivity index (χ0) is 14.0. The van der Waals surface area contributed by atoms with E-state index in [-0.39, 0.29) is 22.9 Å². The van der Waals surface area contributed by atoms with Crippen molar-refractivity contribution in [2.45, 2.75) is 6.92 Å². The van der Waals surface area contributed by atoms with E-state index < -0.39 is 4.92 Å². The van der Waals surface area contributed by atoms with E-state index in [1.807, 2.05) is 0 Å². The summed E-state index contributed by atoms with van der Waals surface area (Å²) in [4.78, 5) is 14.5. The number of hydrogen-bond donors (Lipinski definition) is 0. The van der Waals surface area contributed by atoms with Crippen LogP contribution in [0.3, 0.4) is 0 Å². The second-order valence-electron chi connectivity index (χ2n) is 3.63. The van der Waals surface area contributed by atoms with E-state index in [4.69, 9.17) is 14.0 Å². The smallest absolute Gasteiger partial charge is 0.286 e. The number of methoxy groups -OCH3 is 2. The SMILES string of the molecule is COc1cc(-c2nc(C)no2)c([N+](=O)[O-])cc1OC. The van der Waals surface area contributed by atoms with Gasteiger partial charge in [0.15, 0.2) is 17.3 Å². The second kappa shape index (κ2) is 4.92. The highest BCUT2D eigenvalue weighted by molar-refractivity contribution is 5.71. The van der Waals surface area contributed by atoms with E-state index in [0.717, 1.165) is 0 Å². The standard InChI is InChI=1S/C11H11N3O5/c1-6-12-11(19-13-6)7-4-9(17-2)10(18-3)5-8(7)14(15)16/h4-5H,1-3H3. The largest absolute Gasteiger partial charge is 0.493 e. The molecule has 1 heterocycles. The summed E-state index contributed by atoms with van der Waals surface area (Å²) in [5.41, 5.74) is -0.00968. The fraction of sp³-hybridized carbons (Fsp3) is 0.273. The molecule has 2 aromatic rings. The minimum Gasteiger partial charge on any atom is -0.493 e. The summed E-state index contributed by atoms with van der Waals surface area (Å²) in [7, 11) is 2.84. The van der Waals surface area contributed by atoms with Crippen molar-refractivity contribution < 1.29 is 18.9 Å². The van der Waals surface area contributed by atoms with Gasteiger partial charge in [-0.05, 0) is 6.92 Å². The molecule has 0 radical (unpaired) electrons. The molecule has 1 aromatic heterocycles. The van der Waals surface area contributed by atoms with Gasteiger partial charge in [0.25, 0.3) is 11.6 Å². The molecule has 0 unspecified atom stereocenters. The summed E-state index contributed by atoms with van der Waals surface area (Å²) in [5.74, 6) is 1.05. The first-order valence-corrected chi connectivity index (χ1v) is 5.28. The molecule has 8 heteroatoms. The molecule has 1 aromatic carbocycles. The normalized spacial score (nSPS) is 10.3. The van der Waals surface area contributed by atoms with Crippen molar-refractivity contribution in [1.82, 2.24) is 10.1 Å². The highest BCUT2D eigenvalue weighted by Gasteiger charge is 2.24. The maximum atomic E-state index is 11.1. The number of aromatic nitrogens is 2. The molecule has 0 saturated heterocycles. The van der Waals surface area contributed by atoms with Gasteiger partial charge in [0.2, 0.25) is 0 Å². The minimum atomic E-state index is -0.545. The quantitative estimate of drug-likeness (QED) is 0.615. The predicted molar refractivity (Wildman–Crippen MR) is 64.2 cm³/mol. The Morgan fingerprint density at radius 1 is 1.26 bits per heavy atom. The molecule has 0 aliphatic rings. The Balaban J connectivity index is 2.67. The van der Waals surface area contributed by atoms with Crippen molar-refractivity contribution in [3.8, 4) is 23.0 Å². The Morgan fingerprint density at radius 3 is 2.37 bits per heavy atom. The lowest BCUT2D eigenvalue weighted by atomic mass is 10.1. The summed E-state index contributed by atoms with van der Waals surface area (Å²) in [6.45, 7) is 1.62. The number of nitrogens with zero attached hydrogens (tertiary/aromatic N) is 3. The number of benzene rings is 1. The Kier molecular flexibility index (Phi) is 3.32. The first-order chi connectivity index (χ1) is 9.06. The molecule has 0 aliphatic heterocycles. The third kappa shape index (κ3) is 2.32. The van der Waals surface area contributed by atoms with Crippen LogP contribution in [-0.4, -0.2) is 29.3 Å². The summed E-state index contributed by atoms with van der Waals surface area (Å²) >= 11 is 0. The lowest BCUT2D eigenvalue weighted by Gasteiger charge is -2.08. The van der Waals surface area contributed by atoms with Crippen LogP contribution in [0.25, 0.3) is 11.5 Å². The predicted octanol–water partition coefficient (Wildman–Crippen LogP) is 1.97. The van der Waals surface area contributed by atoms with Gasteiger partial charge in [-0.1, -0.05) is 5.16 Å². The molecule has 8 nitrogen and oxygen atoms in total. The van der Waals surface area contributed by atoms with Crippen LogP contribution in [0.5, 0.6) is 11.5 Å². The zero-order valence-corrected chi connectivity index (χ0v) is 10.5. The van der Waals surface area contributed by atoms with E-state index in [9.17, 15) is 10.1 Å². The van der Waals surface area contributed by atoms with E-state index in [0.29, 0.717) is 11.6 Å². The first kappa shape index (κ1) is 12.8. The van der Waals surface area contributed by atoms with Crippen LogP contribution in [0, 0.1) is 17.0 Å². The number of nitro groups is 1. The monoisotopic (exact) mass is 265 g/mol. The first-order valence-electron chi connectivity index (χ1n) is 5.28. The molecule has 0 bridgehead atoms. The second-order valence-corrected chi connectivity index (χ2v) is 3.63. The van der Waals surface area contributed by atoms with Gasteiger partial charge in [0.1, 0.15) is 5.56 Å². The molecule has 0 aliphatic carbocycles. The molecule has 0 saturated carbocycles. The van der Waals surface area contributed by atoms with E-state index in [2.05, 4.69) is 10.1 Å². The maximum Gasteiger partial charge on any atom is 0.286 e. The van der Waals surface area contributed by atoms with Gasteiger partial charge in [-0.25, -0.2) is 0 Å². The average molecular weight is 265 g/mol. The number of aryl methyl sites for hydroxylation is 1. The average Bonchev–Trinajstić information content (AvgIpc) is 2.83. The minimum absolute atomic E-state index is 0.0603. The van der Waals surface area contributed by atoms with Crippen LogP contribution < -0.4 is 9.47 Å². The molecule has 0 spiro atoms. The van der Waals surface area contributed by atoms with Gasteiger partial charge in [-0.2, -0.15) is 4.98 Å². The van der Waals surface area contributed by atoms with Crippen LogP contribution in [-0.2, 0) is 0 Å². The van der Waals surface area contributed by atoms with Crippen molar-refractivity contribution in [1.29, 1.82) is 0 Å². The van der Waals surface area contributed by atoms with Crippen molar-refractivity contribution in [2.75, 3.05) is 14.2 Å². The van der Waals surface area contributed by atoms with Crippen molar-refractivity contribution in [2.24, 2.45) is 0 Å². The van der Waals surface area contributed by atoms with Crippen molar-refractivity contribution in [3.63, 3.8) is 0 Å². The Labute approximate surface area is 108 Å². The highest BCUT2D eigenvalue weighted by atomic mass is 16.6. The molecule has 0 amide bonds. The number of ether oxygens (including phenoxy) is 2. The van der Waals surface area contributed by atoms with Crippen molar-refractivity contribution in [3.05, 3.63) is 28.1 Å². The van der Waals surface area contributed by atoms with Crippen LogP contribution in [0.1, 0.15) is 5.82 Å². The fourth-order valence-corrected chi connectivity index (χ4v) is 1.60. The Morgan fingerprint density at radius 2 is 1.89 bits per heavy atom. The third-order valence-electron chi connectivity index (χ3n) is 2.46. The van der Waals surface area contributed by atoms with E-state index in [1.54, 1.807) is 6.92 Å². The van der Waals surface area contributed by atoms with Crippen LogP contribution in [0.4, 0.5) is 5.69 Å². The molecule has 19 heavy (non-hydrogen) atoms. The van der Waals surface area contributed by atoms with Crippen molar-refractivity contribution >= 4 is 5.69 Å². The number of nitro benzene ring substituents is 1. The lowest BCUT2D eigenvalue weighted by Crippen LogP contribution is -1.97. The van der Waals surface area contributed by atoms with Gasteiger partial charge < -0.3 is 14.0 Å². The van der Waals surface area contributed by atoms with Gasteiger partial charge in [0.05, 0.1) is 25.2 Å². The van der Waals surface area contributed by atoms with Crippen LogP contribution in [0.15, 0.2) is 16.7 Å². The molecule has 0 N–H and O–H groups in total. The lowest BCUT2D eigenvalue weighted by molar-refractivity contribution is -0.384. The van der Waals surface area contributed by atoms with Crippen LogP contribution >= 0.6 is 0 Å². The zero-order valence-electron chi connectivity index (χ0n) is 10.5. The number of hydrogen-bond acceptors (Lipinski definition) is 7. The molecular weight excluding hydrogens is 254 g/mol.